The van der Waals surface area contributed by atoms with E-state index in [-0.39, 0.29) is 0 Å². The minimum Gasteiger partial charge on any atom is -0.396 e. The lowest BCUT2D eigenvalue weighted by molar-refractivity contribution is 1.14. The lowest BCUT2D eigenvalue weighted by Gasteiger charge is -2.25. The largest absolute Gasteiger partial charge is 0.396 e. The van der Waals surface area contributed by atoms with E-state index in [9.17, 15) is 0 Å². The van der Waals surface area contributed by atoms with E-state index in [4.69, 9.17) is 11.5 Å². The summed E-state index contributed by atoms with van der Waals surface area (Å²) in [6.07, 6.45) is 1.80. The van der Waals surface area contributed by atoms with Crippen molar-refractivity contribution in [2.24, 2.45) is 11.5 Å². The first-order valence-electron chi connectivity index (χ1n) is 4.23. The predicted octanol–water partition coefficient (Wildman–Crippen LogP) is 1.76. The van der Waals surface area contributed by atoms with Crippen molar-refractivity contribution in [2.45, 2.75) is 0 Å². The number of nitrogens with zero attached hydrogens (tertiary/aromatic N) is 1. The molecule has 0 saturated heterocycles. The van der Waals surface area contributed by atoms with Gasteiger partial charge >= 0.3 is 0 Å². The first-order valence-corrected chi connectivity index (χ1v) is 5.06. The van der Waals surface area contributed by atoms with Crippen molar-refractivity contribution in [1.29, 1.82) is 0 Å². The molecule has 0 fully saturated rings. The van der Waals surface area contributed by atoms with Crippen molar-refractivity contribution in [3.8, 4) is 0 Å². The van der Waals surface area contributed by atoms with Crippen LogP contribution in [0.2, 0.25) is 0 Å². The molecule has 1 aliphatic rings. The maximum atomic E-state index is 5.86. The van der Waals surface area contributed by atoms with Crippen LogP contribution in [0.4, 0.5) is 5.69 Å². The Balaban J connectivity index is 2.34. The molecule has 0 aliphatic carbocycles. The van der Waals surface area contributed by atoms with Gasteiger partial charge in [-0.3, -0.25) is 4.31 Å². The molecule has 0 atom stereocenters. The zero-order valence-electron chi connectivity index (χ0n) is 7.55. The summed E-state index contributed by atoms with van der Waals surface area (Å²) >= 11 is 1.52. The molecule has 1 heterocycles. The van der Waals surface area contributed by atoms with Crippen molar-refractivity contribution < 1.29 is 0 Å². The minimum absolute atomic E-state index is 0.587. The number of para-hydroxylation sites is 1. The van der Waals surface area contributed by atoms with Gasteiger partial charge in [0.1, 0.15) is 5.82 Å². The quantitative estimate of drug-likeness (QED) is 0.686. The summed E-state index contributed by atoms with van der Waals surface area (Å²) in [6.45, 7) is 0. The molecule has 4 heteroatoms. The van der Waals surface area contributed by atoms with Crippen LogP contribution in [0.15, 0.2) is 53.3 Å². The van der Waals surface area contributed by atoms with Crippen LogP contribution in [0.5, 0.6) is 0 Å². The van der Waals surface area contributed by atoms with Crippen LogP contribution in [0.25, 0.3) is 0 Å². The fraction of sp³-hybridized carbons (Fsp3) is 0. The molecule has 0 bridgehead atoms. The summed E-state index contributed by atoms with van der Waals surface area (Å²) in [6, 6.07) is 9.89. The van der Waals surface area contributed by atoms with E-state index < -0.39 is 0 Å². The minimum atomic E-state index is 0.587. The molecule has 0 saturated carbocycles. The molecule has 4 N–H and O–H groups in total. The Kier molecular flexibility index (Phi) is 2.37. The van der Waals surface area contributed by atoms with Gasteiger partial charge in [-0.1, -0.05) is 18.2 Å². The maximum absolute atomic E-state index is 5.86. The molecule has 1 aliphatic heterocycles. The molecule has 0 aromatic heterocycles. The molecular formula is C10H11N3S. The Morgan fingerprint density at radius 2 is 1.79 bits per heavy atom. The first-order chi connectivity index (χ1) is 6.79. The molecule has 1 aromatic carbocycles. The summed E-state index contributed by atoms with van der Waals surface area (Å²) in [5.74, 6) is 0.587. The lowest BCUT2D eigenvalue weighted by Crippen LogP contribution is -2.26. The Hall–Kier alpha value is -1.55. The lowest BCUT2D eigenvalue weighted by atomic mass is 10.3. The second-order valence-corrected chi connectivity index (χ2v) is 3.73. The number of rotatable bonds is 1. The van der Waals surface area contributed by atoms with Gasteiger partial charge in [0.25, 0.3) is 0 Å². The Bertz CT molecular complexity index is 384. The van der Waals surface area contributed by atoms with E-state index in [1.54, 1.807) is 6.08 Å². The smallest absolute Gasteiger partial charge is 0.137 e. The molecule has 72 valence electrons. The zero-order valence-corrected chi connectivity index (χ0v) is 8.37. The van der Waals surface area contributed by atoms with Crippen molar-refractivity contribution >= 4 is 17.6 Å². The van der Waals surface area contributed by atoms with Crippen molar-refractivity contribution in [3.05, 3.63) is 53.3 Å². The standard InChI is InChI=1S/C10H11N3S/c11-9-6-7-14-13(10(9)12)8-4-2-1-3-5-8/h1-7H,11-12H2. The Morgan fingerprint density at radius 1 is 1.07 bits per heavy atom. The van der Waals surface area contributed by atoms with Gasteiger partial charge < -0.3 is 11.5 Å². The molecule has 3 nitrogen and oxygen atoms in total. The fourth-order valence-electron chi connectivity index (χ4n) is 1.19. The van der Waals surface area contributed by atoms with Gasteiger partial charge in [-0.2, -0.15) is 0 Å². The Morgan fingerprint density at radius 3 is 2.50 bits per heavy atom. The summed E-state index contributed by atoms with van der Waals surface area (Å²) in [4.78, 5) is 0. The van der Waals surface area contributed by atoms with E-state index in [0.29, 0.717) is 11.5 Å². The third-order valence-corrected chi connectivity index (χ3v) is 2.80. The van der Waals surface area contributed by atoms with E-state index in [2.05, 4.69) is 0 Å². The van der Waals surface area contributed by atoms with Gasteiger partial charge in [0.05, 0.1) is 11.4 Å². The molecule has 2 rings (SSSR count). The number of hydrogen-bond acceptors (Lipinski definition) is 4. The topological polar surface area (TPSA) is 55.3 Å². The van der Waals surface area contributed by atoms with E-state index in [1.165, 1.54) is 11.9 Å². The van der Waals surface area contributed by atoms with Gasteiger partial charge in [-0.05, 0) is 35.6 Å². The number of allylic oxidation sites excluding steroid dienone is 1. The summed E-state index contributed by atoms with van der Waals surface area (Å²) < 4.78 is 1.90. The highest BCUT2D eigenvalue weighted by Gasteiger charge is 2.13. The van der Waals surface area contributed by atoms with Crippen LogP contribution < -0.4 is 15.8 Å². The van der Waals surface area contributed by atoms with Crippen molar-refractivity contribution in [3.63, 3.8) is 0 Å². The van der Waals surface area contributed by atoms with Crippen LogP contribution in [-0.4, -0.2) is 0 Å². The summed E-state index contributed by atoms with van der Waals surface area (Å²) in [5.41, 5.74) is 13.2. The summed E-state index contributed by atoms with van der Waals surface area (Å²) in [7, 11) is 0. The third-order valence-electron chi connectivity index (χ3n) is 1.92. The van der Waals surface area contributed by atoms with Gasteiger partial charge in [-0.25, -0.2) is 0 Å². The second-order valence-electron chi connectivity index (χ2n) is 2.88. The predicted molar refractivity (Wildman–Crippen MR) is 61.1 cm³/mol. The molecule has 0 radical (unpaired) electrons. The molecule has 14 heavy (non-hydrogen) atoms. The zero-order chi connectivity index (χ0) is 9.97. The highest BCUT2D eigenvalue weighted by Crippen LogP contribution is 2.29. The van der Waals surface area contributed by atoms with Gasteiger partial charge in [-0.15, -0.1) is 0 Å². The van der Waals surface area contributed by atoms with Crippen LogP contribution >= 0.6 is 11.9 Å². The molecule has 0 amide bonds. The average molecular weight is 205 g/mol. The van der Waals surface area contributed by atoms with Crippen LogP contribution in [-0.2, 0) is 0 Å². The number of nitrogens with two attached hydrogens (primary N) is 2. The number of hydrogen-bond donors (Lipinski definition) is 2. The van der Waals surface area contributed by atoms with Crippen LogP contribution in [0.1, 0.15) is 0 Å². The molecule has 0 spiro atoms. The van der Waals surface area contributed by atoms with Crippen LogP contribution in [0, 0.1) is 0 Å². The van der Waals surface area contributed by atoms with E-state index in [0.717, 1.165) is 5.69 Å². The fourth-order valence-corrected chi connectivity index (χ4v) is 1.98. The highest BCUT2D eigenvalue weighted by molar-refractivity contribution is 8.03. The van der Waals surface area contributed by atoms with E-state index >= 15 is 0 Å². The number of anilines is 1. The molecule has 0 unspecified atom stereocenters. The average Bonchev–Trinajstić information content (AvgIpc) is 2.23. The maximum Gasteiger partial charge on any atom is 0.137 e. The highest BCUT2D eigenvalue weighted by atomic mass is 32.2. The second kappa shape index (κ2) is 3.67. The number of benzene rings is 1. The Labute approximate surface area is 87.2 Å². The van der Waals surface area contributed by atoms with Crippen LogP contribution in [0.3, 0.4) is 0 Å². The molecule has 1 aromatic rings. The third kappa shape index (κ3) is 1.56. The van der Waals surface area contributed by atoms with Gasteiger partial charge in [0.15, 0.2) is 0 Å². The van der Waals surface area contributed by atoms with Gasteiger partial charge in [0, 0.05) is 0 Å². The summed E-state index contributed by atoms with van der Waals surface area (Å²) in [5, 5.41) is 1.92. The van der Waals surface area contributed by atoms with E-state index in [1.807, 2.05) is 40.0 Å². The van der Waals surface area contributed by atoms with Crippen molar-refractivity contribution in [2.75, 3.05) is 4.31 Å². The van der Waals surface area contributed by atoms with Crippen molar-refractivity contribution in [1.82, 2.24) is 0 Å². The SMILES string of the molecule is NC1=C(N)N(c2ccccc2)SC=C1. The normalized spacial score (nSPS) is 16.1. The van der Waals surface area contributed by atoms with Gasteiger partial charge in [0.2, 0.25) is 0 Å². The first kappa shape index (κ1) is 9.02. The monoisotopic (exact) mass is 205 g/mol. The molecular weight excluding hydrogens is 194 g/mol.